The highest BCUT2D eigenvalue weighted by Crippen LogP contribution is 2.34. The first kappa shape index (κ1) is 35.1. The normalized spacial score (nSPS) is 54.8. The van der Waals surface area contributed by atoms with Crippen molar-refractivity contribution in [2.24, 2.45) is 0 Å². The maximum Gasteiger partial charge on any atom is 0.187 e. The molecule has 3 unspecified atom stereocenters. The topological polar surface area (TPSA) is 307 Å². The highest BCUT2D eigenvalue weighted by atomic mass is 16.8. The molecule has 0 aromatic carbocycles. The Labute approximate surface area is 244 Å². The van der Waals surface area contributed by atoms with Crippen LogP contribution in [0.4, 0.5) is 0 Å². The first-order chi connectivity index (χ1) is 20.2. The average Bonchev–Trinajstić information content (AvgIpc) is 2.98. The molecule has 0 aromatic rings. The number of ether oxygens (including phenoxy) is 7. The minimum Gasteiger partial charge on any atom is -0.394 e. The highest BCUT2D eigenvalue weighted by Gasteiger charge is 2.54. The monoisotopic (exact) mass is 634 g/mol. The molecule has 43 heavy (non-hydrogen) atoms. The second-order valence-electron chi connectivity index (χ2n) is 11.1. The van der Waals surface area contributed by atoms with E-state index < -0.39 is 136 Å². The Hall–Kier alpha value is -0.760. The first-order valence-electron chi connectivity index (χ1n) is 13.8. The van der Waals surface area contributed by atoms with Crippen LogP contribution in [-0.2, 0) is 33.2 Å². The fraction of sp³-hybridized carbons (Fsp3) is 1.00. The Bertz CT molecular complexity index is 886. The molecule has 4 fully saturated rings. The molecule has 0 aromatic heterocycles. The van der Waals surface area contributed by atoms with E-state index in [2.05, 4.69) is 0 Å². The van der Waals surface area contributed by atoms with E-state index in [1.165, 1.54) is 13.8 Å². The van der Waals surface area contributed by atoms with Crippen molar-refractivity contribution in [3.63, 3.8) is 0 Å². The predicted molar refractivity (Wildman–Crippen MR) is 131 cm³/mol. The fourth-order valence-electron chi connectivity index (χ4n) is 5.41. The van der Waals surface area contributed by atoms with Gasteiger partial charge in [-0.3, -0.25) is 0 Å². The molecular weight excluding hydrogens is 592 g/mol. The van der Waals surface area contributed by atoms with Crippen LogP contribution in [0.25, 0.3) is 0 Å². The average molecular weight is 635 g/mol. The van der Waals surface area contributed by atoms with Crippen LogP contribution < -0.4 is 0 Å². The zero-order valence-electron chi connectivity index (χ0n) is 23.2. The SMILES string of the molecule is C[C@@H]1OC(O[C@H]2[C@@H](O)[C@@H](CO)O[C@@H](O[C@H]3[C@H](O)[C@@H](OC4O[C@@H](C)[C@@H](O)[C@@H](O)[C@@H]4O)C(O)O[C@@H]3CO)[C@@H]2O)[C@@H](O)[C@H](O)[C@@H]1O. The van der Waals surface area contributed by atoms with Gasteiger partial charge in [0, 0.05) is 0 Å². The maximum absolute atomic E-state index is 11.1. The summed E-state index contributed by atoms with van der Waals surface area (Å²) < 4.78 is 38.2. The molecule has 0 spiro atoms. The number of hydrogen-bond acceptors (Lipinski definition) is 19. The molecule has 0 saturated carbocycles. The Morgan fingerprint density at radius 3 is 1.35 bits per heavy atom. The van der Waals surface area contributed by atoms with Crippen LogP contribution in [0.15, 0.2) is 0 Å². The van der Waals surface area contributed by atoms with Crippen molar-refractivity contribution in [3.8, 4) is 0 Å². The van der Waals surface area contributed by atoms with Crippen LogP contribution in [0.3, 0.4) is 0 Å². The van der Waals surface area contributed by atoms with E-state index in [1.54, 1.807) is 0 Å². The third-order valence-electron chi connectivity index (χ3n) is 8.13. The van der Waals surface area contributed by atoms with Crippen molar-refractivity contribution >= 4 is 0 Å². The van der Waals surface area contributed by atoms with Crippen molar-refractivity contribution in [3.05, 3.63) is 0 Å². The van der Waals surface area contributed by atoms with Gasteiger partial charge in [0.2, 0.25) is 0 Å². The molecule has 4 rings (SSSR count). The van der Waals surface area contributed by atoms with Crippen LogP contribution in [0.2, 0.25) is 0 Å². The number of rotatable bonds is 8. The summed E-state index contributed by atoms with van der Waals surface area (Å²) in [7, 11) is 0. The van der Waals surface area contributed by atoms with Crippen molar-refractivity contribution < 1.29 is 94.4 Å². The molecule has 12 N–H and O–H groups in total. The standard InChI is InChI=1S/C24H42O19/c1-5-9(27)12(30)14(32)22(37-5)42-19-11(29)7(3-25)40-24(17(19)35)41-18-8(4-26)39-21(36)20(16(18)34)43-23-15(33)13(31)10(28)6(2)38-23/h5-36H,3-4H2,1-2H3/t5-,6-,7+,8+,9+,10+,11-,12+,13+,14-,15-,16-,17+,18+,19-,20+,21?,22?,23?,24-/m0/s1. The van der Waals surface area contributed by atoms with E-state index >= 15 is 0 Å². The number of aliphatic hydroxyl groups excluding tert-OH is 12. The van der Waals surface area contributed by atoms with E-state index in [9.17, 15) is 61.3 Å². The Balaban J connectivity index is 1.51. The molecule has 0 bridgehead atoms. The summed E-state index contributed by atoms with van der Waals surface area (Å²) in [6.45, 7) is 1.08. The molecule has 19 nitrogen and oxygen atoms in total. The lowest BCUT2D eigenvalue weighted by Gasteiger charge is -2.49. The van der Waals surface area contributed by atoms with Gasteiger partial charge in [0.1, 0.15) is 85.5 Å². The predicted octanol–water partition coefficient (Wildman–Crippen LogP) is -7.69. The number of aliphatic hydroxyl groups is 12. The van der Waals surface area contributed by atoms with E-state index in [0.29, 0.717) is 0 Å². The Morgan fingerprint density at radius 2 is 0.860 bits per heavy atom. The van der Waals surface area contributed by atoms with Gasteiger partial charge in [-0.05, 0) is 13.8 Å². The van der Waals surface area contributed by atoms with Gasteiger partial charge in [-0.1, -0.05) is 0 Å². The quantitative estimate of drug-likeness (QED) is 0.118. The van der Waals surface area contributed by atoms with Crippen LogP contribution in [-0.4, -0.2) is 197 Å². The third kappa shape index (κ3) is 7.00. The third-order valence-corrected chi connectivity index (χ3v) is 8.13. The van der Waals surface area contributed by atoms with Gasteiger partial charge >= 0.3 is 0 Å². The van der Waals surface area contributed by atoms with E-state index in [4.69, 9.17) is 33.2 Å². The lowest BCUT2D eigenvalue weighted by Crippen LogP contribution is -2.67. The van der Waals surface area contributed by atoms with Crippen LogP contribution in [0.1, 0.15) is 13.8 Å². The van der Waals surface area contributed by atoms with Gasteiger partial charge in [-0.2, -0.15) is 0 Å². The van der Waals surface area contributed by atoms with Gasteiger partial charge in [0.05, 0.1) is 25.4 Å². The molecule has 4 aliphatic heterocycles. The Morgan fingerprint density at radius 1 is 0.419 bits per heavy atom. The summed E-state index contributed by atoms with van der Waals surface area (Å²) in [5, 5.41) is 124. The summed E-state index contributed by atoms with van der Waals surface area (Å²) in [6, 6.07) is 0. The van der Waals surface area contributed by atoms with E-state index in [0.717, 1.165) is 0 Å². The van der Waals surface area contributed by atoms with Gasteiger partial charge in [-0.15, -0.1) is 0 Å². The number of hydrogen-bond donors (Lipinski definition) is 12. The molecule has 0 radical (unpaired) electrons. The van der Waals surface area contributed by atoms with E-state index in [1.807, 2.05) is 0 Å². The van der Waals surface area contributed by atoms with Gasteiger partial charge in [0.15, 0.2) is 25.2 Å². The molecule has 4 saturated heterocycles. The smallest absolute Gasteiger partial charge is 0.187 e. The van der Waals surface area contributed by atoms with Crippen LogP contribution >= 0.6 is 0 Å². The van der Waals surface area contributed by atoms with Crippen molar-refractivity contribution in [1.82, 2.24) is 0 Å². The van der Waals surface area contributed by atoms with Crippen LogP contribution in [0, 0.1) is 0 Å². The Kier molecular flexibility index (Phi) is 11.7. The lowest BCUT2D eigenvalue weighted by atomic mass is 9.95. The maximum atomic E-state index is 11.1. The summed E-state index contributed by atoms with van der Waals surface area (Å²) >= 11 is 0. The summed E-state index contributed by atoms with van der Waals surface area (Å²) in [4.78, 5) is 0. The molecular formula is C24H42O19. The zero-order chi connectivity index (χ0) is 31.9. The highest BCUT2D eigenvalue weighted by molar-refractivity contribution is 4.97. The largest absolute Gasteiger partial charge is 0.394 e. The fourth-order valence-corrected chi connectivity index (χ4v) is 5.41. The van der Waals surface area contributed by atoms with Gasteiger partial charge < -0.3 is 94.4 Å². The summed E-state index contributed by atoms with van der Waals surface area (Å²) in [6.07, 6.45) is -32.8. The second-order valence-corrected chi connectivity index (χ2v) is 11.1. The molecule has 4 heterocycles. The minimum atomic E-state index is -1.94. The second kappa shape index (κ2) is 14.3. The van der Waals surface area contributed by atoms with Gasteiger partial charge in [0.25, 0.3) is 0 Å². The molecule has 0 amide bonds. The first-order valence-corrected chi connectivity index (χ1v) is 13.8. The zero-order valence-corrected chi connectivity index (χ0v) is 23.2. The molecule has 20 atom stereocenters. The molecule has 252 valence electrons. The van der Waals surface area contributed by atoms with E-state index in [-0.39, 0.29) is 0 Å². The van der Waals surface area contributed by atoms with Crippen molar-refractivity contribution in [2.45, 2.75) is 137 Å². The summed E-state index contributed by atoms with van der Waals surface area (Å²) in [5.74, 6) is 0. The molecule has 0 aliphatic carbocycles. The minimum absolute atomic E-state index is 0.833. The molecule has 4 aliphatic rings. The van der Waals surface area contributed by atoms with Gasteiger partial charge in [-0.25, -0.2) is 0 Å². The van der Waals surface area contributed by atoms with Crippen LogP contribution in [0.5, 0.6) is 0 Å². The lowest BCUT2D eigenvalue weighted by molar-refractivity contribution is -0.390. The summed E-state index contributed by atoms with van der Waals surface area (Å²) in [5.41, 5.74) is 0. The van der Waals surface area contributed by atoms with Crippen molar-refractivity contribution in [1.29, 1.82) is 0 Å². The van der Waals surface area contributed by atoms with Crippen molar-refractivity contribution in [2.75, 3.05) is 13.2 Å². The molecule has 19 heteroatoms.